The SMILES string of the molecule is CS(=O)(=O)CCCN1CCN(C(=O)c2ccc3n(c2=O)C(c2ccc(Cl)cc2)(c2ccc(Cl)cc2)CN3S(=O)(=O)c2ccccc2F)CC1. The van der Waals surface area contributed by atoms with Crippen LogP contribution in [0.25, 0.3) is 0 Å². The van der Waals surface area contributed by atoms with Crippen LogP contribution in [0, 0.1) is 5.82 Å². The predicted molar refractivity (Wildman–Crippen MR) is 187 cm³/mol. The highest BCUT2D eigenvalue weighted by Crippen LogP contribution is 2.45. The lowest BCUT2D eigenvalue weighted by atomic mass is 9.83. The number of halogens is 3. The van der Waals surface area contributed by atoms with Crippen molar-refractivity contribution in [3.63, 3.8) is 0 Å². The molecule has 0 radical (unpaired) electrons. The van der Waals surface area contributed by atoms with Crippen LogP contribution in [0.4, 0.5) is 10.2 Å². The van der Waals surface area contributed by atoms with E-state index in [0.717, 1.165) is 16.4 Å². The maximum absolute atomic E-state index is 15.1. The summed E-state index contributed by atoms with van der Waals surface area (Å²) in [5.74, 6) is -1.45. The number of hydrogen-bond donors (Lipinski definition) is 0. The minimum atomic E-state index is -4.57. The van der Waals surface area contributed by atoms with E-state index in [1.807, 2.05) is 0 Å². The topological polar surface area (TPSA) is 117 Å². The van der Waals surface area contributed by atoms with Crippen LogP contribution < -0.4 is 9.86 Å². The lowest BCUT2D eigenvalue weighted by molar-refractivity contribution is 0.0635. The molecule has 1 aromatic heterocycles. The van der Waals surface area contributed by atoms with Gasteiger partial charge >= 0.3 is 0 Å². The third-order valence-corrected chi connectivity index (χ3v) is 12.3. The molecule has 2 aliphatic heterocycles. The van der Waals surface area contributed by atoms with Crippen LogP contribution in [0.5, 0.6) is 0 Å². The maximum atomic E-state index is 15.1. The van der Waals surface area contributed by atoms with Gasteiger partial charge in [0.25, 0.3) is 21.5 Å². The van der Waals surface area contributed by atoms with Gasteiger partial charge < -0.3 is 4.90 Å². The average molecular weight is 748 g/mol. The third kappa shape index (κ3) is 6.74. The molecule has 0 N–H and O–H groups in total. The third-order valence-electron chi connectivity index (χ3n) is 9.00. The number of rotatable bonds is 9. The molecule has 1 fully saturated rings. The monoisotopic (exact) mass is 746 g/mol. The summed E-state index contributed by atoms with van der Waals surface area (Å²) in [6.07, 6.45) is 1.67. The standard InChI is InChI=1S/C34H33Cl2FN4O6S2/c1-48(44,45)22-4-17-38-18-20-39(21-19-38)32(42)28-15-16-31-40(49(46,47)30-6-3-2-5-29(30)37)23-34(41(31)33(28)43,24-7-11-26(35)12-8-24)25-9-13-27(36)14-10-25/h2-3,5-16H,4,17-23H2,1H3. The van der Waals surface area contributed by atoms with Crippen molar-refractivity contribution in [3.8, 4) is 0 Å². The molecule has 3 aromatic carbocycles. The molecule has 3 heterocycles. The van der Waals surface area contributed by atoms with Gasteiger partial charge in [0.1, 0.15) is 37.5 Å². The van der Waals surface area contributed by atoms with Gasteiger partial charge in [-0.3, -0.25) is 19.1 Å². The lowest BCUT2D eigenvalue weighted by Crippen LogP contribution is -2.51. The van der Waals surface area contributed by atoms with E-state index in [1.54, 1.807) is 53.4 Å². The van der Waals surface area contributed by atoms with Gasteiger partial charge in [-0.25, -0.2) is 25.5 Å². The fraction of sp³-hybridized carbons (Fsp3) is 0.294. The molecule has 0 unspecified atom stereocenters. The smallest absolute Gasteiger partial charge is 0.268 e. The van der Waals surface area contributed by atoms with E-state index in [0.29, 0.717) is 60.3 Å². The Balaban J connectivity index is 1.47. The summed E-state index contributed by atoms with van der Waals surface area (Å²) in [6.45, 7) is 1.84. The van der Waals surface area contributed by atoms with Gasteiger partial charge in [-0.2, -0.15) is 0 Å². The summed E-state index contributed by atoms with van der Waals surface area (Å²) in [4.78, 5) is 31.8. The number of fused-ring (bicyclic) bond motifs is 1. The van der Waals surface area contributed by atoms with Crippen molar-refractivity contribution in [2.75, 3.05) is 55.6 Å². The molecular weight excluding hydrogens is 714 g/mol. The summed E-state index contributed by atoms with van der Waals surface area (Å²) in [5, 5.41) is 0.826. The number of nitrogens with zero attached hydrogens (tertiary/aromatic N) is 4. The van der Waals surface area contributed by atoms with Gasteiger partial charge in [-0.1, -0.05) is 59.6 Å². The minimum absolute atomic E-state index is 0.0506. The summed E-state index contributed by atoms with van der Waals surface area (Å²) in [5.41, 5.74) is -1.41. The summed E-state index contributed by atoms with van der Waals surface area (Å²) < 4.78 is 68.9. The molecule has 4 aromatic rings. The van der Waals surface area contributed by atoms with Crippen LogP contribution in [0.1, 0.15) is 27.9 Å². The summed E-state index contributed by atoms with van der Waals surface area (Å²) in [7, 11) is -7.65. The first-order chi connectivity index (χ1) is 23.2. The van der Waals surface area contributed by atoms with E-state index in [1.165, 1.54) is 35.1 Å². The van der Waals surface area contributed by atoms with Crippen molar-refractivity contribution < 1.29 is 26.0 Å². The number of amides is 1. The Morgan fingerprint density at radius 3 is 1.94 bits per heavy atom. The molecule has 0 bridgehead atoms. The minimum Gasteiger partial charge on any atom is -0.336 e. The number of pyridine rings is 1. The van der Waals surface area contributed by atoms with Crippen LogP contribution in [0.3, 0.4) is 0 Å². The van der Waals surface area contributed by atoms with E-state index in [4.69, 9.17) is 23.2 Å². The number of anilines is 1. The molecule has 1 amide bonds. The largest absolute Gasteiger partial charge is 0.336 e. The molecule has 10 nitrogen and oxygen atoms in total. The molecule has 0 atom stereocenters. The van der Waals surface area contributed by atoms with Crippen LogP contribution in [-0.4, -0.2) is 88.4 Å². The predicted octanol–water partition coefficient (Wildman–Crippen LogP) is 4.49. The Kier molecular flexibility index (Phi) is 9.68. The van der Waals surface area contributed by atoms with Crippen molar-refractivity contribution in [3.05, 3.63) is 128 Å². The first-order valence-corrected chi connectivity index (χ1v) is 19.7. The van der Waals surface area contributed by atoms with E-state index in [9.17, 15) is 26.4 Å². The fourth-order valence-corrected chi connectivity index (χ4v) is 9.00. The first-order valence-electron chi connectivity index (χ1n) is 15.5. The van der Waals surface area contributed by atoms with Gasteiger partial charge in [0.2, 0.25) is 0 Å². The molecule has 15 heteroatoms. The second-order valence-electron chi connectivity index (χ2n) is 12.2. The second kappa shape index (κ2) is 13.5. The lowest BCUT2D eigenvalue weighted by Gasteiger charge is -2.35. The molecule has 49 heavy (non-hydrogen) atoms. The van der Waals surface area contributed by atoms with Crippen LogP contribution >= 0.6 is 23.2 Å². The van der Waals surface area contributed by atoms with Gasteiger partial charge in [-0.15, -0.1) is 0 Å². The van der Waals surface area contributed by atoms with Crippen molar-refractivity contribution in [1.82, 2.24) is 14.4 Å². The van der Waals surface area contributed by atoms with Gasteiger partial charge in [0, 0.05) is 42.5 Å². The van der Waals surface area contributed by atoms with Crippen molar-refractivity contribution >= 4 is 54.8 Å². The van der Waals surface area contributed by atoms with Crippen molar-refractivity contribution in [2.24, 2.45) is 0 Å². The highest BCUT2D eigenvalue weighted by atomic mass is 35.5. The number of carbonyl (C=O) groups is 1. The maximum Gasteiger partial charge on any atom is 0.268 e. The van der Waals surface area contributed by atoms with Crippen molar-refractivity contribution in [2.45, 2.75) is 16.9 Å². The highest BCUT2D eigenvalue weighted by molar-refractivity contribution is 7.92. The molecule has 2 aliphatic rings. The number of benzene rings is 3. The van der Waals surface area contributed by atoms with Crippen molar-refractivity contribution in [1.29, 1.82) is 0 Å². The zero-order valence-corrected chi connectivity index (χ0v) is 29.6. The Hall–Kier alpha value is -3.75. The molecular formula is C34H33Cl2FN4O6S2. The van der Waals surface area contributed by atoms with E-state index in [-0.39, 0.29) is 23.7 Å². The molecule has 0 spiro atoms. The number of carbonyl (C=O) groups excluding carboxylic acids is 1. The summed E-state index contributed by atoms with van der Waals surface area (Å²) in [6, 6.07) is 21.0. The quantitative estimate of drug-likeness (QED) is 0.248. The Bertz CT molecular complexity index is 2130. The Morgan fingerprint density at radius 1 is 0.816 bits per heavy atom. The molecule has 258 valence electrons. The number of piperazine rings is 1. The fourth-order valence-electron chi connectivity index (χ4n) is 6.55. The first kappa shape index (κ1) is 35.1. The molecule has 6 rings (SSSR count). The Labute approximate surface area is 294 Å². The van der Waals surface area contributed by atoms with E-state index in [2.05, 4.69) is 4.90 Å². The van der Waals surface area contributed by atoms with E-state index < -0.39 is 47.6 Å². The van der Waals surface area contributed by atoms with Crippen LogP contribution in [0.15, 0.2) is 94.6 Å². The van der Waals surface area contributed by atoms with Gasteiger partial charge in [0.15, 0.2) is 0 Å². The molecule has 0 aliphatic carbocycles. The number of sulfonamides is 1. The van der Waals surface area contributed by atoms with Gasteiger partial charge in [0.05, 0.1) is 12.3 Å². The van der Waals surface area contributed by atoms with Gasteiger partial charge in [-0.05, 0) is 72.6 Å². The normalized spacial score (nSPS) is 16.5. The molecule has 1 saturated heterocycles. The zero-order valence-electron chi connectivity index (χ0n) is 26.4. The number of hydrogen-bond acceptors (Lipinski definition) is 7. The molecule has 0 saturated carbocycles. The Morgan fingerprint density at radius 2 is 1.39 bits per heavy atom. The number of sulfone groups is 1. The number of aromatic nitrogens is 1. The highest BCUT2D eigenvalue weighted by Gasteiger charge is 2.51. The van der Waals surface area contributed by atoms with Crippen LogP contribution in [-0.2, 0) is 25.4 Å². The zero-order chi connectivity index (χ0) is 35.1. The van der Waals surface area contributed by atoms with Crippen LogP contribution in [0.2, 0.25) is 10.0 Å². The van der Waals surface area contributed by atoms with E-state index >= 15 is 4.39 Å². The summed E-state index contributed by atoms with van der Waals surface area (Å²) >= 11 is 12.5. The second-order valence-corrected chi connectivity index (χ2v) is 17.1. The average Bonchev–Trinajstić information content (AvgIpc) is 3.43.